The second-order valence-corrected chi connectivity index (χ2v) is 4.70. The van der Waals surface area contributed by atoms with E-state index in [1.165, 1.54) is 0 Å². The van der Waals surface area contributed by atoms with Crippen molar-refractivity contribution in [1.29, 1.82) is 5.26 Å². The zero-order valence-electron chi connectivity index (χ0n) is 10.3. The van der Waals surface area contributed by atoms with Gasteiger partial charge in [-0.15, -0.1) is 0 Å². The van der Waals surface area contributed by atoms with Gasteiger partial charge in [0.15, 0.2) is 0 Å². The molecule has 0 saturated carbocycles. The Morgan fingerprint density at radius 2 is 1.94 bits per heavy atom. The molecule has 4 heteroatoms. The van der Waals surface area contributed by atoms with Crippen LogP contribution in [-0.2, 0) is 4.79 Å². The van der Waals surface area contributed by atoms with Crippen molar-refractivity contribution in [2.24, 2.45) is 5.41 Å². The standard InChI is InChI=1S/C12H22N2O2/c1-12(2,10-13)7-3-4-8-14-9-5-6-11(15)16/h14H,3-9H2,1-2H3,(H,15,16). The Bertz CT molecular complexity index is 244. The Kier molecular flexibility index (Phi) is 7.57. The van der Waals surface area contributed by atoms with Crippen LogP contribution in [0.4, 0.5) is 0 Å². The Balaban J connectivity index is 3.23. The van der Waals surface area contributed by atoms with Gasteiger partial charge in [-0.1, -0.05) is 6.42 Å². The van der Waals surface area contributed by atoms with Crippen LogP contribution in [0.1, 0.15) is 46.0 Å². The van der Waals surface area contributed by atoms with Crippen molar-refractivity contribution in [2.75, 3.05) is 13.1 Å². The minimum Gasteiger partial charge on any atom is -0.481 e. The minimum atomic E-state index is -0.738. The second kappa shape index (κ2) is 8.12. The van der Waals surface area contributed by atoms with E-state index < -0.39 is 5.97 Å². The summed E-state index contributed by atoms with van der Waals surface area (Å²) in [6.07, 6.45) is 3.90. The van der Waals surface area contributed by atoms with Gasteiger partial charge in [0, 0.05) is 6.42 Å². The summed E-state index contributed by atoms with van der Waals surface area (Å²) in [5, 5.41) is 20.4. The maximum absolute atomic E-state index is 10.2. The molecule has 0 aliphatic heterocycles. The highest BCUT2D eigenvalue weighted by atomic mass is 16.4. The van der Waals surface area contributed by atoms with Crippen molar-refractivity contribution in [1.82, 2.24) is 5.32 Å². The fraction of sp³-hybridized carbons (Fsp3) is 0.833. The molecule has 0 spiro atoms. The van der Waals surface area contributed by atoms with E-state index in [0.717, 1.165) is 32.4 Å². The van der Waals surface area contributed by atoms with Crippen LogP contribution in [0, 0.1) is 16.7 Å². The first-order valence-electron chi connectivity index (χ1n) is 5.82. The number of hydrogen-bond acceptors (Lipinski definition) is 3. The molecule has 0 heterocycles. The van der Waals surface area contributed by atoms with Gasteiger partial charge < -0.3 is 10.4 Å². The smallest absolute Gasteiger partial charge is 0.303 e. The highest BCUT2D eigenvalue weighted by molar-refractivity contribution is 5.66. The third-order valence-corrected chi connectivity index (χ3v) is 2.45. The molecule has 0 rings (SSSR count). The first kappa shape index (κ1) is 14.9. The average molecular weight is 226 g/mol. The van der Waals surface area contributed by atoms with Gasteiger partial charge in [0.2, 0.25) is 0 Å². The van der Waals surface area contributed by atoms with Crippen LogP contribution in [0.3, 0.4) is 0 Å². The molecular weight excluding hydrogens is 204 g/mol. The number of aliphatic carboxylic acids is 1. The molecule has 4 nitrogen and oxygen atoms in total. The van der Waals surface area contributed by atoms with Gasteiger partial charge in [-0.05, 0) is 46.2 Å². The first-order chi connectivity index (χ1) is 7.48. The maximum atomic E-state index is 10.2. The summed E-state index contributed by atoms with van der Waals surface area (Å²) in [7, 11) is 0. The quantitative estimate of drug-likeness (QED) is 0.591. The zero-order chi connectivity index (χ0) is 12.4. The monoisotopic (exact) mass is 226 g/mol. The molecule has 16 heavy (non-hydrogen) atoms. The van der Waals surface area contributed by atoms with Crippen LogP contribution in [0.5, 0.6) is 0 Å². The van der Waals surface area contributed by atoms with Gasteiger partial charge in [-0.3, -0.25) is 4.79 Å². The summed E-state index contributed by atoms with van der Waals surface area (Å²) in [5.74, 6) is -0.738. The van der Waals surface area contributed by atoms with Crippen LogP contribution in [-0.4, -0.2) is 24.2 Å². The molecule has 0 aromatic rings. The summed E-state index contributed by atoms with van der Waals surface area (Å²) in [4.78, 5) is 10.2. The summed E-state index contributed by atoms with van der Waals surface area (Å²) < 4.78 is 0. The molecule has 0 bridgehead atoms. The van der Waals surface area contributed by atoms with Crippen molar-refractivity contribution in [3.63, 3.8) is 0 Å². The predicted molar refractivity (Wildman–Crippen MR) is 63.0 cm³/mol. The third kappa shape index (κ3) is 9.47. The molecule has 0 fully saturated rings. The van der Waals surface area contributed by atoms with Crippen LogP contribution in [0.2, 0.25) is 0 Å². The normalized spacial score (nSPS) is 11.1. The topological polar surface area (TPSA) is 73.1 Å². The van der Waals surface area contributed by atoms with Gasteiger partial charge in [0.1, 0.15) is 0 Å². The van der Waals surface area contributed by atoms with Crippen LogP contribution < -0.4 is 5.32 Å². The summed E-state index contributed by atoms with van der Waals surface area (Å²) in [6, 6.07) is 2.28. The molecule has 0 aliphatic carbocycles. The van der Waals surface area contributed by atoms with E-state index in [-0.39, 0.29) is 11.8 Å². The highest BCUT2D eigenvalue weighted by Gasteiger charge is 2.14. The highest BCUT2D eigenvalue weighted by Crippen LogP contribution is 2.21. The Hall–Kier alpha value is -1.08. The third-order valence-electron chi connectivity index (χ3n) is 2.45. The molecule has 0 unspecified atom stereocenters. The summed E-state index contributed by atoms with van der Waals surface area (Å²) in [5.41, 5.74) is -0.219. The molecular formula is C12H22N2O2. The molecule has 2 N–H and O–H groups in total. The van der Waals surface area contributed by atoms with Crippen molar-refractivity contribution < 1.29 is 9.90 Å². The van der Waals surface area contributed by atoms with Crippen molar-refractivity contribution >= 4 is 5.97 Å². The molecule has 0 aromatic carbocycles. The van der Waals surface area contributed by atoms with Gasteiger partial charge in [-0.2, -0.15) is 5.26 Å². The lowest BCUT2D eigenvalue weighted by atomic mass is 9.89. The molecule has 0 amide bonds. The van der Waals surface area contributed by atoms with Gasteiger partial charge in [0.25, 0.3) is 0 Å². The van der Waals surface area contributed by atoms with E-state index in [4.69, 9.17) is 10.4 Å². The number of nitriles is 1. The first-order valence-corrected chi connectivity index (χ1v) is 5.82. The maximum Gasteiger partial charge on any atom is 0.303 e. The lowest BCUT2D eigenvalue weighted by molar-refractivity contribution is -0.137. The van der Waals surface area contributed by atoms with Gasteiger partial charge in [0.05, 0.1) is 11.5 Å². The van der Waals surface area contributed by atoms with Crippen molar-refractivity contribution in [2.45, 2.75) is 46.0 Å². The van der Waals surface area contributed by atoms with E-state index in [0.29, 0.717) is 6.42 Å². The fourth-order valence-corrected chi connectivity index (χ4v) is 1.36. The minimum absolute atomic E-state index is 0.219. The zero-order valence-corrected chi connectivity index (χ0v) is 10.3. The van der Waals surface area contributed by atoms with E-state index >= 15 is 0 Å². The number of hydrogen-bond donors (Lipinski definition) is 2. The van der Waals surface area contributed by atoms with E-state index in [9.17, 15) is 4.79 Å². The van der Waals surface area contributed by atoms with E-state index in [1.807, 2.05) is 13.8 Å². The SMILES string of the molecule is CC(C)(C#N)CCCCNCCCC(=O)O. The molecule has 0 aromatic heterocycles. The van der Waals surface area contributed by atoms with Crippen molar-refractivity contribution in [3.8, 4) is 6.07 Å². The Labute approximate surface area is 97.7 Å². The van der Waals surface area contributed by atoms with Crippen LogP contribution in [0.15, 0.2) is 0 Å². The van der Waals surface area contributed by atoms with E-state index in [2.05, 4.69) is 11.4 Å². The average Bonchev–Trinajstić information content (AvgIpc) is 2.21. The van der Waals surface area contributed by atoms with Crippen LogP contribution in [0.25, 0.3) is 0 Å². The number of carboxylic acids is 1. The number of carbonyl (C=O) groups is 1. The second-order valence-electron chi connectivity index (χ2n) is 4.70. The number of rotatable bonds is 9. The molecule has 0 aliphatic rings. The van der Waals surface area contributed by atoms with Crippen molar-refractivity contribution in [3.05, 3.63) is 0 Å². The number of nitrogens with zero attached hydrogens (tertiary/aromatic N) is 1. The Morgan fingerprint density at radius 3 is 2.50 bits per heavy atom. The van der Waals surface area contributed by atoms with Gasteiger partial charge >= 0.3 is 5.97 Å². The molecule has 0 radical (unpaired) electrons. The number of nitrogens with one attached hydrogen (secondary N) is 1. The lowest BCUT2D eigenvalue weighted by Gasteiger charge is -2.14. The molecule has 0 atom stereocenters. The lowest BCUT2D eigenvalue weighted by Crippen LogP contribution is -2.18. The number of unbranched alkanes of at least 4 members (excludes halogenated alkanes) is 1. The largest absolute Gasteiger partial charge is 0.481 e. The number of carboxylic acid groups (broad SMARTS) is 1. The summed E-state index contributed by atoms with van der Waals surface area (Å²) in [6.45, 7) is 5.57. The van der Waals surface area contributed by atoms with Gasteiger partial charge in [-0.25, -0.2) is 0 Å². The Morgan fingerprint density at radius 1 is 1.31 bits per heavy atom. The van der Waals surface area contributed by atoms with Crippen LogP contribution >= 0.6 is 0 Å². The molecule has 92 valence electrons. The summed E-state index contributed by atoms with van der Waals surface area (Å²) >= 11 is 0. The predicted octanol–water partition coefficient (Wildman–Crippen LogP) is 2.16. The fourth-order valence-electron chi connectivity index (χ4n) is 1.36. The van der Waals surface area contributed by atoms with E-state index in [1.54, 1.807) is 0 Å². The molecule has 0 saturated heterocycles.